The van der Waals surface area contributed by atoms with Crippen molar-refractivity contribution in [2.24, 2.45) is 4.99 Å². The van der Waals surface area contributed by atoms with E-state index in [1.54, 1.807) is 47.5 Å². The van der Waals surface area contributed by atoms with Gasteiger partial charge in [-0.1, -0.05) is 12.1 Å². The lowest BCUT2D eigenvalue weighted by atomic mass is 10.2. The molecule has 0 fully saturated rings. The fraction of sp³-hybridized carbons (Fsp3) is 0.300. The molecule has 0 radical (unpaired) electrons. The van der Waals surface area contributed by atoms with Crippen LogP contribution in [-0.2, 0) is 28.6 Å². The smallest absolute Gasteiger partial charge is 0.335 e. The molecule has 2 aromatic rings. The van der Waals surface area contributed by atoms with Crippen LogP contribution in [0.15, 0.2) is 53.5 Å². The summed E-state index contributed by atoms with van der Waals surface area (Å²) in [4.78, 5) is 16.9. The molecule has 174 valence electrons. The highest BCUT2D eigenvalue weighted by atomic mass is 32.2. The summed E-state index contributed by atoms with van der Waals surface area (Å²) in [5.41, 5.74) is 2.25. The van der Waals surface area contributed by atoms with E-state index in [0.29, 0.717) is 11.4 Å². The predicted molar refractivity (Wildman–Crippen MR) is 121 cm³/mol. The SMILES string of the molecule is CS(=O)(=O)OCCN(CCOS(C)(=O)=O)c1ccc(C=Nc2ccc(C(=O)O)cc2)cc1. The molecule has 0 atom stereocenters. The second-order valence-corrected chi connectivity index (χ2v) is 10.0. The molecule has 10 nitrogen and oxygen atoms in total. The summed E-state index contributed by atoms with van der Waals surface area (Å²) in [6, 6.07) is 13.2. The Bertz CT molecular complexity index is 1110. The topological polar surface area (TPSA) is 140 Å². The molecule has 0 aliphatic heterocycles. The van der Waals surface area contributed by atoms with E-state index in [1.807, 2.05) is 0 Å². The van der Waals surface area contributed by atoms with Crippen LogP contribution in [0.3, 0.4) is 0 Å². The summed E-state index contributed by atoms with van der Waals surface area (Å²) in [6.07, 6.45) is 3.52. The molecule has 12 heteroatoms. The minimum Gasteiger partial charge on any atom is -0.478 e. The minimum absolute atomic E-state index is 0.104. The number of hydrogen-bond acceptors (Lipinski definition) is 9. The maximum atomic E-state index is 11.2. The van der Waals surface area contributed by atoms with Crippen LogP contribution in [0.2, 0.25) is 0 Å². The molecule has 0 saturated heterocycles. The largest absolute Gasteiger partial charge is 0.478 e. The molecule has 0 unspecified atom stereocenters. The zero-order valence-electron chi connectivity index (χ0n) is 17.5. The number of anilines is 1. The Hall–Kier alpha value is -2.80. The Labute approximate surface area is 187 Å². The van der Waals surface area contributed by atoms with Crippen molar-refractivity contribution >= 4 is 43.8 Å². The van der Waals surface area contributed by atoms with Crippen molar-refractivity contribution in [3.05, 3.63) is 59.7 Å². The number of carbonyl (C=O) groups is 1. The van der Waals surface area contributed by atoms with Crippen LogP contribution < -0.4 is 4.90 Å². The molecule has 0 amide bonds. The lowest BCUT2D eigenvalue weighted by Gasteiger charge is -2.24. The maximum Gasteiger partial charge on any atom is 0.335 e. The Morgan fingerprint density at radius 1 is 0.906 bits per heavy atom. The van der Waals surface area contributed by atoms with Crippen LogP contribution in [0.4, 0.5) is 11.4 Å². The Morgan fingerprint density at radius 2 is 1.41 bits per heavy atom. The third-order valence-electron chi connectivity index (χ3n) is 4.05. The second kappa shape index (κ2) is 11.2. The third kappa shape index (κ3) is 9.56. The summed E-state index contributed by atoms with van der Waals surface area (Å²) in [5.74, 6) is -1.01. The summed E-state index contributed by atoms with van der Waals surface area (Å²) in [7, 11) is -7.19. The van der Waals surface area contributed by atoms with Gasteiger partial charge in [0.25, 0.3) is 20.2 Å². The molecule has 0 aliphatic rings. The molecule has 0 saturated carbocycles. The average molecular weight is 485 g/mol. The number of aromatic carboxylic acids is 1. The molecule has 0 spiro atoms. The summed E-state index contributed by atoms with van der Waals surface area (Å²) < 4.78 is 54.3. The van der Waals surface area contributed by atoms with Gasteiger partial charge in [0.05, 0.1) is 37.0 Å². The van der Waals surface area contributed by atoms with Crippen LogP contribution in [0, 0.1) is 0 Å². The van der Waals surface area contributed by atoms with E-state index < -0.39 is 26.2 Å². The van der Waals surface area contributed by atoms with E-state index in [0.717, 1.165) is 18.1 Å². The first-order valence-electron chi connectivity index (χ1n) is 9.34. The van der Waals surface area contributed by atoms with Gasteiger partial charge in [-0.25, -0.2) is 4.79 Å². The van der Waals surface area contributed by atoms with Gasteiger partial charge in [0.2, 0.25) is 0 Å². The van der Waals surface area contributed by atoms with Gasteiger partial charge in [-0.2, -0.15) is 16.8 Å². The van der Waals surface area contributed by atoms with E-state index in [2.05, 4.69) is 4.99 Å². The van der Waals surface area contributed by atoms with Crippen molar-refractivity contribution in [2.45, 2.75) is 0 Å². The third-order valence-corrected chi connectivity index (χ3v) is 5.24. The van der Waals surface area contributed by atoms with Crippen LogP contribution in [0.5, 0.6) is 0 Å². The first kappa shape index (κ1) is 25.5. The Kier molecular flexibility index (Phi) is 8.89. The van der Waals surface area contributed by atoms with Crippen molar-refractivity contribution in [1.29, 1.82) is 0 Å². The van der Waals surface area contributed by atoms with Gasteiger partial charge in [-0.15, -0.1) is 0 Å². The van der Waals surface area contributed by atoms with Gasteiger partial charge in [0.15, 0.2) is 0 Å². The van der Waals surface area contributed by atoms with E-state index >= 15 is 0 Å². The van der Waals surface area contributed by atoms with Gasteiger partial charge in [0, 0.05) is 25.0 Å². The maximum absolute atomic E-state index is 11.2. The van der Waals surface area contributed by atoms with Crippen molar-refractivity contribution in [1.82, 2.24) is 0 Å². The number of carboxylic acid groups (broad SMARTS) is 1. The van der Waals surface area contributed by atoms with Crippen molar-refractivity contribution < 1.29 is 35.1 Å². The molecule has 0 aromatic heterocycles. The van der Waals surface area contributed by atoms with Gasteiger partial charge < -0.3 is 10.0 Å². The van der Waals surface area contributed by atoms with E-state index in [4.69, 9.17) is 13.5 Å². The zero-order valence-corrected chi connectivity index (χ0v) is 19.2. The quantitative estimate of drug-likeness (QED) is 0.353. The first-order valence-corrected chi connectivity index (χ1v) is 13.0. The van der Waals surface area contributed by atoms with Crippen LogP contribution >= 0.6 is 0 Å². The highest BCUT2D eigenvalue weighted by Gasteiger charge is 2.11. The van der Waals surface area contributed by atoms with Crippen molar-refractivity contribution in [2.75, 3.05) is 43.7 Å². The molecule has 2 rings (SSSR count). The lowest BCUT2D eigenvalue weighted by Crippen LogP contribution is -2.32. The Balaban J connectivity index is 2.07. The van der Waals surface area contributed by atoms with Gasteiger partial charge in [-0.3, -0.25) is 13.4 Å². The van der Waals surface area contributed by atoms with E-state index in [9.17, 15) is 21.6 Å². The number of benzene rings is 2. The highest BCUT2D eigenvalue weighted by Crippen LogP contribution is 2.17. The number of carboxylic acids is 1. The van der Waals surface area contributed by atoms with Crippen LogP contribution in [-0.4, -0.2) is 72.9 Å². The molecular weight excluding hydrogens is 460 g/mol. The van der Waals surface area contributed by atoms with E-state index in [1.165, 1.54) is 12.1 Å². The minimum atomic E-state index is -3.60. The van der Waals surface area contributed by atoms with Gasteiger partial charge >= 0.3 is 5.97 Å². The fourth-order valence-corrected chi connectivity index (χ4v) is 3.33. The molecule has 32 heavy (non-hydrogen) atoms. The highest BCUT2D eigenvalue weighted by molar-refractivity contribution is 7.86. The molecule has 0 bridgehead atoms. The lowest BCUT2D eigenvalue weighted by molar-refractivity contribution is 0.0697. The summed E-state index contributed by atoms with van der Waals surface area (Å²) >= 11 is 0. The molecule has 0 aliphatic carbocycles. The van der Waals surface area contributed by atoms with Gasteiger partial charge in [-0.05, 0) is 42.0 Å². The number of aliphatic imine (C=N–C) groups is 1. The standard InChI is InChI=1S/C20H24N2O8S2/c1-31(25,26)29-13-11-22(12-14-30-32(2,27)28)19-9-3-16(4-10-19)15-21-18-7-5-17(6-8-18)20(23)24/h3-10,15H,11-14H2,1-2H3,(H,23,24). The molecule has 0 heterocycles. The van der Waals surface area contributed by atoms with E-state index in [-0.39, 0.29) is 31.9 Å². The summed E-state index contributed by atoms with van der Waals surface area (Å²) in [5, 5.41) is 8.92. The predicted octanol–water partition coefficient (Wildman–Crippen LogP) is 1.89. The monoisotopic (exact) mass is 484 g/mol. The van der Waals surface area contributed by atoms with Crippen molar-refractivity contribution in [3.63, 3.8) is 0 Å². The molecule has 2 aromatic carbocycles. The van der Waals surface area contributed by atoms with Crippen LogP contribution in [0.1, 0.15) is 15.9 Å². The van der Waals surface area contributed by atoms with Gasteiger partial charge in [0.1, 0.15) is 0 Å². The number of rotatable bonds is 12. The Morgan fingerprint density at radius 3 is 1.84 bits per heavy atom. The number of nitrogens with zero attached hydrogens (tertiary/aromatic N) is 2. The zero-order chi connectivity index (χ0) is 23.8. The fourth-order valence-electron chi connectivity index (χ4n) is 2.58. The van der Waals surface area contributed by atoms with Crippen LogP contribution in [0.25, 0.3) is 0 Å². The second-order valence-electron chi connectivity index (χ2n) is 6.74. The van der Waals surface area contributed by atoms with Crippen molar-refractivity contribution in [3.8, 4) is 0 Å². The summed E-state index contributed by atoms with van der Waals surface area (Å²) in [6.45, 7) is 0.188. The molecule has 1 N–H and O–H groups in total. The first-order chi connectivity index (χ1) is 14.9. The normalized spacial score (nSPS) is 12.2. The average Bonchev–Trinajstić information content (AvgIpc) is 2.70. The number of hydrogen-bond donors (Lipinski definition) is 1. The molecular formula is C20H24N2O8S2.